The Morgan fingerprint density at radius 2 is 2.21 bits per heavy atom. The highest BCUT2D eigenvalue weighted by atomic mass is 16.5. The van der Waals surface area contributed by atoms with Crippen molar-refractivity contribution < 1.29 is 9.47 Å². The molecule has 4 heteroatoms. The molecule has 1 rings (SSSR count). The fraction of sp³-hybridized carbons (Fsp3) is 0.700. The molecule has 0 aliphatic rings. The third kappa shape index (κ3) is 4.28. The van der Waals surface area contributed by atoms with Crippen LogP contribution in [0.1, 0.15) is 13.8 Å². The van der Waals surface area contributed by atoms with Gasteiger partial charge in [0.25, 0.3) is 0 Å². The molecule has 0 saturated carbocycles. The van der Waals surface area contributed by atoms with Gasteiger partial charge in [-0.25, -0.2) is 0 Å². The van der Waals surface area contributed by atoms with Gasteiger partial charge in [0.05, 0.1) is 19.0 Å². The minimum Gasteiger partial charge on any atom is -0.488 e. The van der Waals surface area contributed by atoms with Gasteiger partial charge in [0.2, 0.25) is 0 Å². The van der Waals surface area contributed by atoms with Crippen molar-refractivity contribution in [2.45, 2.75) is 13.8 Å². The predicted molar refractivity (Wildman–Crippen MR) is 54.4 cm³/mol. The molecule has 0 unspecified atom stereocenters. The first-order chi connectivity index (χ1) is 6.68. The normalized spacial score (nSPS) is 10.9. The van der Waals surface area contributed by atoms with Gasteiger partial charge in [0, 0.05) is 13.7 Å². The van der Waals surface area contributed by atoms with Gasteiger partial charge in [0.15, 0.2) is 5.75 Å². The van der Waals surface area contributed by atoms with Crippen LogP contribution in [0.5, 0.6) is 5.75 Å². The van der Waals surface area contributed by atoms with Crippen LogP contribution in [0.15, 0.2) is 12.4 Å². The second-order valence-electron chi connectivity index (χ2n) is 3.67. The zero-order valence-corrected chi connectivity index (χ0v) is 9.06. The summed E-state index contributed by atoms with van der Waals surface area (Å²) in [5.74, 6) is 1.37. The highest BCUT2D eigenvalue weighted by Gasteiger charge is 1.97. The zero-order valence-electron chi connectivity index (χ0n) is 9.06. The minimum absolute atomic E-state index is 0.577. The van der Waals surface area contributed by atoms with Crippen molar-refractivity contribution in [2.24, 2.45) is 13.0 Å². The van der Waals surface area contributed by atoms with Gasteiger partial charge in [-0.2, -0.15) is 5.10 Å². The summed E-state index contributed by atoms with van der Waals surface area (Å²) in [7, 11) is 1.86. The molecule has 0 atom stereocenters. The van der Waals surface area contributed by atoms with Crippen LogP contribution in [0.4, 0.5) is 0 Å². The second-order valence-corrected chi connectivity index (χ2v) is 3.67. The second kappa shape index (κ2) is 5.65. The summed E-state index contributed by atoms with van der Waals surface area (Å²) in [6.07, 6.45) is 3.53. The first kappa shape index (κ1) is 11.0. The Kier molecular flexibility index (Phi) is 4.46. The van der Waals surface area contributed by atoms with Crippen LogP contribution < -0.4 is 4.74 Å². The Morgan fingerprint density at radius 1 is 1.43 bits per heavy atom. The van der Waals surface area contributed by atoms with E-state index in [4.69, 9.17) is 9.47 Å². The van der Waals surface area contributed by atoms with E-state index in [1.807, 2.05) is 13.2 Å². The molecule has 14 heavy (non-hydrogen) atoms. The van der Waals surface area contributed by atoms with Crippen LogP contribution in [0.2, 0.25) is 0 Å². The van der Waals surface area contributed by atoms with Gasteiger partial charge in [-0.15, -0.1) is 0 Å². The third-order valence-electron chi connectivity index (χ3n) is 1.63. The third-order valence-corrected chi connectivity index (χ3v) is 1.63. The van der Waals surface area contributed by atoms with Crippen molar-refractivity contribution in [3.8, 4) is 5.75 Å². The summed E-state index contributed by atoms with van der Waals surface area (Å²) >= 11 is 0. The summed E-state index contributed by atoms with van der Waals surface area (Å²) in [6, 6.07) is 0. The van der Waals surface area contributed by atoms with E-state index in [0.29, 0.717) is 19.1 Å². The molecule has 0 bridgehead atoms. The summed E-state index contributed by atoms with van der Waals surface area (Å²) in [6.45, 7) is 6.26. The molecular weight excluding hydrogens is 180 g/mol. The molecule has 0 amide bonds. The molecule has 0 aromatic carbocycles. The van der Waals surface area contributed by atoms with Crippen LogP contribution >= 0.6 is 0 Å². The maximum atomic E-state index is 5.40. The van der Waals surface area contributed by atoms with Crippen LogP contribution in [-0.4, -0.2) is 29.6 Å². The Hall–Kier alpha value is -1.03. The average molecular weight is 198 g/mol. The zero-order chi connectivity index (χ0) is 10.4. The van der Waals surface area contributed by atoms with Gasteiger partial charge in [-0.3, -0.25) is 4.68 Å². The quantitative estimate of drug-likeness (QED) is 0.649. The van der Waals surface area contributed by atoms with E-state index in [2.05, 4.69) is 18.9 Å². The molecule has 0 fully saturated rings. The molecule has 1 heterocycles. The lowest BCUT2D eigenvalue weighted by Gasteiger charge is -2.06. The lowest BCUT2D eigenvalue weighted by atomic mass is 10.2. The van der Waals surface area contributed by atoms with Gasteiger partial charge in [-0.05, 0) is 5.92 Å². The van der Waals surface area contributed by atoms with Crippen LogP contribution in [0.3, 0.4) is 0 Å². The Labute approximate surface area is 84.8 Å². The van der Waals surface area contributed by atoms with Crippen molar-refractivity contribution in [2.75, 3.05) is 19.8 Å². The molecule has 0 aliphatic carbocycles. The summed E-state index contributed by atoms with van der Waals surface area (Å²) in [5, 5.41) is 3.99. The first-order valence-corrected chi connectivity index (χ1v) is 4.87. The van der Waals surface area contributed by atoms with Gasteiger partial charge in [0.1, 0.15) is 6.61 Å². The van der Waals surface area contributed by atoms with Gasteiger partial charge >= 0.3 is 0 Å². The smallest absolute Gasteiger partial charge is 0.157 e. The predicted octanol–water partition coefficient (Wildman–Crippen LogP) is 1.47. The van der Waals surface area contributed by atoms with E-state index < -0.39 is 0 Å². The van der Waals surface area contributed by atoms with E-state index in [9.17, 15) is 0 Å². The SMILES string of the molecule is CC(C)COCCOc1cnn(C)c1. The maximum Gasteiger partial charge on any atom is 0.157 e. The van der Waals surface area contributed by atoms with Crippen molar-refractivity contribution >= 4 is 0 Å². The van der Waals surface area contributed by atoms with Gasteiger partial charge < -0.3 is 9.47 Å². The lowest BCUT2D eigenvalue weighted by Crippen LogP contribution is -2.09. The highest BCUT2D eigenvalue weighted by molar-refractivity contribution is 5.10. The van der Waals surface area contributed by atoms with Crippen molar-refractivity contribution in [1.82, 2.24) is 9.78 Å². The molecule has 4 nitrogen and oxygen atoms in total. The average Bonchev–Trinajstić information content (AvgIpc) is 2.50. The minimum atomic E-state index is 0.577. The Balaban J connectivity index is 2.04. The number of aromatic nitrogens is 2. The number of hydrogen-bond acceptors (Lipinski definition) is 3. The number of hydrogen-bond donors (Lipinski definition) is 0. The van der Waals surface area contributed by atoms with E-state index >= 15 is 0 Å². The van der Waals surface area contributed by atoms with Crippen molar-refractivity contribution in [3.05, 3.63) is 12.4 Å². The highest BCUT2D eigenvalue weighted by Crippen LogP contribution is 2.06. The number of nitrogens with zero attached hydrogens (tertiary/aromatic N) is 2. The van der Waals surface area contributed by atoms with Gasteiger partial charge in [-0.1, -0.05) is 13.8 Å². The monoisotopic (exact) mass is 198 g/mol. The molecule has 1 aromatic rings. The standard InChI is InChI=1S/C10H18N2O2/c1-9(2)8-13-4-5-14-10-6-11-12(3)7-10/h6-7,9H,4-5,8H2,1-3H3. The molecule has 0 N–H and O–H groups in total. The lowest BCUT2D eigenvalue weighted by molar-refractivity contribution is 0.0819. The fourth-order valence-electron chi connectivity index (χ4n) is 1.01. The molecule has 1 aromatic heterocycles. The Bertz CT molecular complexity index is 258. The summed E-state index contributed by atoms with van der Waals surface area (Å²) in [5.41, 5.74) is 0. The fourth-order valence-corrected chi connectivity index (χ4v) is 1.01. The van der Waals surface area contributed by atoms with Crippen LogP contribution in [0, 0.1) is 5.92 Å². The number of aryl methyl sites for hydroxylation is 1. The van der Waals surface area contributed by atoms with Crippen molar-refractivity contribution in [1.29, 1.82) is 0 Å². The molecule has 0 radical (unpaired) electrons. The van der Waals surface area contributed by atoms with Crippen molar-refractivity contribution in [3.63, 3.8) is 0 Å². The molecule has 0 saturated heterocycles. The van der Waals surface area contributed by atoms with Crippen LogP contribution in [-0.2, 0) is 11.8 Å². The van der Waals surface area contributed by atoms with E-state index in [1.54, 1.807) is 10.9 Å². The van der Waals surface area contributed by atoms with Crippen LogP contribution in [0.25, 0.3) is 0 Å². The molecular formula is C10H18N2O2. The van der Waals surface area contributed by atoms with E-state index in [0.717, 1.165) is 12.4 Å². The number of rotatable bonds is 6. The molecule has 80 valence electrons. The first-order valence-electron chi connectivity index (χ1n) is 4.87. The topological polar surface area (TPSA) is 36.3 Å². The molecule has 0 spiro atoms. The molecule has 0 aliphatic heterocycles. The van der Waals surface area contributed by atoms with E-state index in [1.165, 1.54) is 0 Å². The summed E-state index contributed by atoms with van der Waals surface area (Å²) < 4.78 is 12.5. The number of ether oxygens (including phenoxy) is 2. The largest absolute Gasteiger partial charge is 0.488 e. The Morgan fingerprint density at radius 3 is 2.79 bits per heavy atom. The maximum absolute atomic E-state index is 5.40. The van der Waals surface area contributed by atoms with E-state index in [-0.39, 0.29) is 0 Å². The summed E-state index contributed by atoms with van der Waals surface area (Å²) in [4.78, 5) is 0.